The first kappa shape index (κ1) is 21.3. The fourth-order valence-electron chi connectivity index (χ4n) is 2.90. The molecule has 0 spiro atoms. The minimum absolute atomic E-state index is 0.268. The van der Waals surface area contributed by atoms with E-state index < -0.39 is 29.9 Å². The van der Waals surface area contributed by atoms with Gasteiger partial charge < -0.3 is 15.4 Å². The molecule has 1 unspecified atom stereocenters. The lowest BCUT2D eigenvalue weighted by Gasteiger charge is -2.22. The number of anilines is 1. The Bertz CT molecular complexity index is 991. The number of ether oxygens (including phenoxy) is 1. The van der Waals surface area contributed by atoms with Gasteiger partial charge in [0.05, 0.1) is 5.02 Å². The van der Waals surface area contributed by atoms with Crippen molar-refractivity contribution >= 4 is 35.3 Å². The third-order valence-electron chi connectivity index (χ3n) is 4.49. The number of hydrogen-bond donors (Lipinski definition) is 2. The van der Waals surface area contributed by atoms with Gasteiger partial charge in [0, 0.05) is 6.20 Å². The maximum atomic E-state index is 13.0. The van der Waals surface area contributed by atoms with Gasteiger partial charge in [0.2, 0.25) is 5.91 Å². The largest absolute Gasteiger partial charge is 0.489 e. The Morgan fingerprint density at radius 3 is 2.57 bits per heavy atom. The van der Waals surface area contributed by atoms with Gasteiger partial charge in [-0.15, -0.1) is 0 Å². The zero-order valence-corrected chi connectivity index (χ0v) is 17.3. The third kappa shape index (κ3) is 4.60. The molecular weight excluding hydrogens is 408 g/mol. The number of amides is 4. The highest BCUT2D eigenvalue weighted by molar-refractivity contribution is 6.30. The highest BCUT2D eigenvalue weighted by atomic mass is 35.5. The Balaban J connectivity index is 1.69. The van der Waals surface area contributed by atoms with Crippen molar-refractivity contribution < 1.29 is 19.1 Å². The van der Waals surface area contributed by atoms with Gasteiger partial charge >= 0.3 is 6.03 Å². The third-order valence-corrected chi connectivity index (χ3v) is 4.71. The number of carbonyl (C=O) groups excluding carboxylic acids is 3. The normalized spacial score (nSPS) is 18.2. The van der Waals surface area contributed by atoms with Gasteiger partial charge in [-0.3, -0.25) is 14.5 Å². The van der Waals surface area contributed by atoms with Crippen LogP contribution in [0.15, 0.2) is 54.7 Å². The smallest absolute Gasteiger partial charge is 0.325 e. The summed E-state index contributed by atoms with van der Waals surface area (Å²) in [5, 5.41) is 5.62. The zero-order valence-electron chi connectivity index (χ0n) is 16.6. The fourth-order valence-corrected chi connectivity index (χ4v) is 3.01. The van der Waals surface area contributed by atoms with Crippen molar-refractivity contribution in [2.24, 2.45) is 0 Å². The van der Waals surface area contributed by atoms with Gasteiger partial charge in [-0.1, -0.05) is 30.3 Å². The molecule has 1 atom stereocenters. The second-order valence-electron chi connectivity index (χ2n) is 7.13. The molecule has 1 aliphatic heterocycles. The molecule has 30 heavy (non-hydrogen) atoms. The van der Waals surface area contributed by atoms with Crippen molar-refractivity contribution in [2.45, 2.75) is 19.4 Å². The second-order valence-corrected chi connectivity index (χ2v) is 7.56. The second kappa shape index (κ2) is 8.54. The molecule has 2 N–H and O–H groups in total. The van der Waals surface area contributed by atoms with Crippen molar-refractivity contribution in [3.8, 4) is 5.75 Å². The molecule has 0 bridgehead atoms. The van der Waals surface area contributed by atoms with Crippen LogP contribution in [0, 0.1) is 0 Å². The van der Waals surface area contributed by atoms with E-state index in [1.165, 1.54) is 12.3 Å². The lowest BCUT2D eigenvalue weighted by molar-refractivity contribution is -0.133. The van der Waals surface area contributed by atoms with E-state index in [1.807, 2.05) is 6.92 Å². The number of aromatic nitrogens is 1. The van der Waals surface area contributed by atoms with Gasteiger partial charge in [0.15, 0.2) is 0 Å². The Kier molecular flexibility index (Phi) is 6.07. The number of hydrogen-bond acceptors (Lipinski definition) is 5. The van der Waals surface area contributed by atoms with Crippen LogP contribution in [0.3, 0.4) is 0 Å². The summed E-state index contributed by atoms with van der Waals surface area (Å²) in [5.74, 6) is -0.193. The summed E-state index contributed by atoms with van der Waals surface area (Å²) >= 11 is 5.76. The quantitative estimate of drug-likeness (QED) is 0.521. The molecule has 1 fully saturated rings. The van der Waals surface area contributed by atoms with Gasteiger partial charge in [-0.05, 0) is 49.2 Å². The molecule has 1 saturated heterocycles. The first-order valence-electron chi connectivity index (χ1n) is 9.12. The monoisotopic (exact) mass is 428 g/mol. The van der Waals surface area contributed by atoms with Crippen LogP contribution in [0.1, 0.15) is 19.4 Å². The number of nitrogens with one attached hydrogen (secondary N) is 2. The average Bonchev–Trinajstić information content (AvgIpc) is 2.92. The van der Waals surface area contributed by atoms with Crippen LogP contribution < -0.4 is 15.4 Å². The van der Waals surface area contributed by atoms with Crippen LogP contribution in [0.5, 0.6) is 5.75 Å². The number of halogens is 1. The predicted octanol–water partition coefficient (Wildman–Crippen LogP) is 3.10. The van der Waals surface area contributed by atoms with Gasteiger partial charge in [-0.2, -0.15) is 0 Å². The summed E-state index contributed by atoms with van der Waals surface area (Å²) in [4.78, 5) is 42.5. The molecule has 0 radical (unpaired) electrons. The van der Waals surface area contributed by atoms with Crippen LogP contribution in [-0.2, 0) is 15.1 Å². The lowest BCUT2D eigenvalue weighted by Crippen LogP contribution is -2.42. The zero-order chi connectivity index (χ0) is 21.9. The summed E-state index contributed by atoms with van der Waals surface area (Å²) in [6, 6.07) is 9.27. The van der Waals surface area contributed by atoms with Gasteiger partial charge in [0.25, 0.3) is 5.91 Å². The number of nitrogens with zero attached hydrogens (tertiary/aromatic N) is 2. The summed E-state index contributed by atoms with van der Waals surface area (Å²) in [6.45, 7) is 7.17. The van der Waals surface area contributed by atoms with E-state index in [1.54, 1.807) is 37.3 Å². The predicted molar refractivity (Wildman–Crippen MR) is 112 cm³/mol. The van der Waals surface area contributed by atoms with Crippen molar-refractivity contribution in [3.05, 3.63) is 65.3 Å². The van der Waals surface area contributed by atoms with Gasteiger partial charge in [0.1, 0.15) is 30.3 Å². The van der Waals surface area contributed by atoms with Crippen LogP contribution in [0.2, 0.25) is 5.02 Å². The molecule has 9 heteroatoms. The first-order chi connectivity index (χ1) is 14.2. The highest BCUT2D eigenvalue weighted by Crippen LogP contribution is 2.30. The van der Waals surface area contributed by atoms with Crippen molar-refractivity contribution in [2.75, 3.05) is 18.5 Å². The molecule has 2 aromatic rings. The molecule has 1 aliphatic rings. The minimum Gasteiger partial charge on any atom is -0.489 e. The maximum Gasteiger partial charge on any atom is 0.325 e. The summed E-state index contributed by atoms with van der Waals surface area (Å²) in [5.41, 5.74) is 0.167. The van der Waals surface area contributed by atoms with E-state index in [2.05, 4.69) is 22.2 Å². The summed E-state index contributed by atoms with van der Waals surface area (Å²) in [6.07, 6.45) is 1.38. The Morgan fingerprint density at radius 1 is 1.27 bits per heavy atom. The molecule has 1 aromatic carbocycles. The standard InChI is InChI=1S/C21H21ClN4O4/c1-13(2)12-30-16-7-4-14(5-8-16)21(3)19(28)26(20(29)25-21)11-18(27)24-17-9-6-15(22)10-23-17/h4-10H,1,11-12H2,2-3H3,(H,25,29)(H,23,24,27). The summed E-state index contributed by atoms with van der Waals surface area (Å²) < 4.78 is 5.55. The molecule has 156 valence electrons. The van der Waals surface area contributed by atoms with E-state index in [0.29, 0.717) is 22.9 Å². The molecule has 1 aromatic heterocycles. The number of carbonyl (C=O) groups is 3. The topological polar surface area (TPSA) is 101 Å². The van der Waals surface area contributed by atoms with Crippen LogP contribution in [0.4, 0.5) is 10.6 Å². The number of benzene rings is 1. The highest BCUT2D eigenvalue weighted by Gasteiger charge is 2.49. The number of rotatable bonds is 7. The molecule has 0 aliphatic carbocycles. The Labute approximate surface area is 178 Å². The van der Waals surface area contributed by atoms with Crippen LogP contribution in [0.25, 0.3) is 0 Å². The van der Waals surface area contributed by atoms with E-state index >= 15 is 0 Å². The Hall–Kier alpha value is -3.39. The van der Waals surface area contributed by atoms with Crippen LogP contribution in [-0.4, -0.2) is 40.9 Å². The molecule has 8 nitrogen and oxygen atoms in total. The molecule has 4 amide bonds. The van der Waals surface area contributed by atoms with E-state index in [-0.39, 0.29) is 5.82 Å². The van der Waals surface area contributed by atoms with E-state index in [0.717, 1.165) is 10.5 Å². The minimum atomic E-state index is -1.29. The SMILES string of the molecule is C=C(C)COc1ccc(C2(C)NC(=O)N(CC(=O)Nc3ccc(Cl)cn3)C2=O)cc1. The number of imide groups is 1. The molecule has 0 saturated carbocycles. The van der Waals surface area contributed by atoms with Crippen molar-refractivity contribution in [3.63, 3.8) is 0 Å². The maximum absolute atomic E-state index is 13.0. The average molecular weight is 429 g/mol. The lowest BCUT2D eigenvalue weighted by atomic mass is 9.92. The molecule has 3 rings (SSSR count). The van der Waals surface area contributed by atoms with Gasteiger partial charge in [-0.25, -0.2) is 9.78 Å². The van der Waals surface area contributed by atoms with E-state index in [9.17, 15) is 14.4 Å². The number of pyridine rings is 1. The summed E-state index contributed by atoms with van der Waals surface area (Å²) in [7, 11) is 0. The molecule has 2 heterocycles. The van der Waals surface area contributed by atoms with Crippen molar-refractivity contribution in [1.29, 1.82) is 0 Å². The van der Waals surface area contributed by atoms with Crippen LogP contribution >= 0.6 is 11.6 Å². The fraction of sp³-hybridized carbons (Fsp3) is 0.238. The molecular formula is C21H21ClN4O4. The van der Waals surface area contributed by atoms with Crippen molar-refractivity contribution in [1.82, 2.24) is 15.2 Å². The Morgan fingerprint density at radius 2 is 1.97 bits per heavy atom. The van der Waals surface area contributed by atoms with E-state index in [4.69, 9.17) is 16.3 Å². The number of urea groups is 1. The first-order valence-corrected chi connectivity index (χ1v) is 9.50.